The van der Waals surface area contributed by atoms with Crippen LogP contribution in [0.15, 0.2) is 42.5 Å². The summed E-state index contributed by atoms with van der Waals surface area (Å²) in [5.41, 5.74) is 4.28. The van der Waals surface area contributed by atoms with Crippen molar-refractivity contribution in [2.24, 2.45) is 0 Å². The zero-order chi connectivity index (χ0) is 15.4. The number of ether oxygens (including phenoxy) is 1. The van der Waals surface area contributed by atoms with Crippen molar-refractivity contribution in [1.82, 2.24) is 0 Å². The van der Waals surface area contributed by atoms with Gasteiger partial charge in [0.2, 0.25) is 5.91 Å². The fourth-order valence-electron chi connectivity index (χ4n) is 2.69. The predicted octanol–water partition coefficient (Wildman–Crippen LogP) is 3.23. The normalized spacial score (nSPS) is 13.0. The van der Waals surface area contributed by atoms with E-state index in [4.69, 9.17) is 4.74 Å². The fraction of sp³-hybridized carbons (Fsp3) is 0.278. The van der Waals surface area contributed by atoms with Crippen LogP contribution in [-0.4, -0.2) is 19.6 Å². The smallest absolute Gasteiger partial charge is 0.228 e. The average Bonchev–Trinajstić information content (AvgIpc) is 2.55. The van der Waals surface area contributed by atoms with Crippen molar-refractivity contribution in [2.45, 2.75) is 19.3 Å². The van der Waals surface area contributed by atoms with Crippen LogP contribution in [-0.2, 0) is 17.6 Å². The largest absolute Gasteiger partial charge is 0.497 e. The minimum Gasteiger partial charge on any atom is -0.497 e. The van der Waals surface area contributed by atoms with Crippen molar-refractivity contribution >= 4 is 17.3 Å². The second-order valence-corrected chi connectivity index (χ2v) is 5.48. The molecule has 0 spiro atoms. The Kier molecular flexibility index (Phi) is 4.28. The molecule has 2 aromatic rings. The zero-order valence-electron chi connectivity index (χ0n) is 12.7. The topological polar surface area (TPSA) is 50.4 Å². The Bertz CT molecular complexity index is 665. The molecule has 0 atom stereocenters. The van der Waals surface area contributed by atoms with Gasteiger partial charge in [-0.25, -0.2) is 0 Å². The lowest BCUT2D eigenvalue weighted by Crippen LogP contribution is -2.16. The van der Waals surface area contributed by atoms with Crippen molar-refractivity contribution in [3.05, 3.63) is 53.6 Å². The van der Waals surface area contributed by atoms with E-state index >= 15 is 0 Å². The minimum absolute atomic E-state index is 0.00566. The van der Waals surface area contributed by atoms with E-state index in [1.165, 1.54) is 11.3 Å². The highest BCUT2D eigenvalue weighted by Crippen LogP contribution is 2.25. The van der Waals surface area contributed by atoms with Crippen LogP contribution < -0.4 is 15.4 Å². The summed E-state index contributed by atoms with van der Waals surface area (Å²) in [5, 5.41) is 6.34. The number of carbonyl (C=O) groups is 1. The van der Waals surface area contributed by atoms with E-state index in [1.807, 2.05) is 36.4 Å². The molecule has 4 heteroatoms. The molecule has 3 rings (SSSR count). The molecule has 2 N–H and O–H groups in total. The maximum atomic E-state index is 12.1. The molecular weight excluding hydrogens is 276 g/mol. The standard InChI is InChI=1S/C18H20N2O2/c1-22-16-7-4-13(5-8-16)11-18(21)20-15-6-9-17-14(12-15)3-2-10-19-17/h4-9,12,19H,2-3,10-11H2,1H3,(H,20,21). The first kappa shape index (κ1) is 14.4. The van der Waals surface area contributed by atoms with Crippen molar-refractivity contribution in [1.29, 1.82) is 0 Å². The van der Waals surface area contributed by atoms with Crippen LogP contribution in [0.2, 0.25) is 0 Å². The monoisotopic (exact) mass is 296 g/mol. The number of methoxy groups -OCH3 is 1. The number of aryl methyl sites for hydroxylation is 1. The van der Waals surface area contributed by atoms with Crippen LogP contribution in [0.3, 0.4) is 0 Å². The van der Waals surface area contributed by atoms with Crippen LogP contribution in [0.1, 0.15) is 17.5 Å². The molecule has 0 radical (unpaired) electrons. The van der Waals surface area contributed by atoms with Gasteiger partial charge in [0.15, 0.2) is 0 Å². The highest BCUT2D eigenvalue weighted by molar-refractivity contribution is 5.92. The number of hydrogen-bond acceptors (Lipinski definition) is 3. The summed E-state index contributed by atoms with van der Waals surface area (Å²) < 4.78 is 5.12. The molecular formula is C18H20N2O2. The van der Waals surface area contributed by atoms with Gasteiger partial charge in [-0.1, -0.05) is 12.1 Å². The molecule has 0 saturated carbocycles. The van der Waals surface area contributed by atoms with Gasteiger partial charge in [0.05, 0.1) is 13.5 Å². The lowest BCUT2D eigenvalue weighted by molar-refractivity contribution is -0.115. The molecule has 114 valence electrons. The molecule has 0 aliphatic carbocycles. The van der Waals surface area contributed by atoms with E-state index in [2.05, 4.69) is 16.7 Å². The predicted molar refractivity (Wildman–Crippen MR) is 88.6 cm³/mol. The third kappa shape index (κ3) is 3.39. The summed E-state index contributed by atoms with van der Waals surface area (Å²) in [4.78, 5) is 12.1. The van der Waals surface area contributed by atoms with E-state index in [1.54, 1.807) is 7.11 Å². The Morgan fingerprint density at radius 2 is 2.05 bits per heavy atom. The Morgan fingerprint density at radius 1 is 1.23 bits per heavy atom. The summed E-state index contributed by atoms with van der Waals surface area (Å²) in [5.74, 6) is 0.792. The van der Waals surface area contributed by atoms with Gasteiger partial charge in [-0.3, -0.25) is 4.79 Å². The van der Waals surface area contributed by atoms with Crippen LogP contribution in [0.25, 0.3) is 0 Å². The lowest BCUT2D eigenvalue weighted by Gasteiger charge is -2.18. The Balaban J connectivity index is 1.63. The van der Waals surface area contributed by atoms with Crippen molar-refractivity contribution < 1.29 is 9.53 Å². The van der Waals surface area contributed by atoms with E-state index in [0.29, 0.717) is 6.42 Å². The first-order valence-electron chi connectivity index (χ1n) is 7.54. The summed E-state index contributed by atoms with van der Waals surface area (Å²) >= 11 is 0. The number of benzene rings is 2. The first-order valence-corrected chi connectivity index (χ1v) is 7.54. The summed E-state index contributed by atoms with van der Waals surface area (Å²) in [7, 11) is 1.63. The summed E-state index contributed by atoms with van der Waals surface area (Å²) in [6, 6.07) is 13.6. The maximum absolute atomic E-state index is 12.1. The maximum Gasteiger partial charge on any atom is 0.228 e. The highest BCUT2D eigenvalue weighted by Gasteiger charge is 2.10. The average molecular weight is 296 g/mol. The molecule has 22 heavy (non-hydrogen) atoms. The number of fused-ring (bicyclic) bond motifs is 1. The van der Waals surface area contributed by atoms with Gasteiger partial charge in [0.1, 0.15) is 5.75 Å². The van der Waals surface area contributed by atoms with Gasteiger partial charge in [0.25, 0.3) is 0 Å². The van der Waals surface area contributed by atoms with E-state index in [9.17, 15) is 4.79 Å². The number of nitrogens with one attached hydrogen (secondary N) is 2. The van der Waals surface area contributed by atoms with Gasteiger partial charge in [-0.15, -0.1) is 0 Å². The molecule has 1 amide bonds. The van der Waals surface area contributed by atoms with E-state index < -0.39 is 0 Å². The minimum atomic E-state index is -0.00566. The van der Waals surface area contributed by atoms with Crippen LogP contribution in [0, 0.1) is 0 Å². The molecule has 1 aliphatic rings. The van der Waals surface area contributed by atoms with Crippen molar-refractivity contribution in [3.63, 3.8) is 0 Å². The SMILES string of the molecule is COc1ccc(CC(=O)Nc2ccc3c(c2)CCCN3)cc1. The van der Waals surface area contributed by atoms with Crippen LogP contribution in [0.4, 0.5) is 11.4 Å². The number of carbonyl (C=O) groups excluding carboxylic acids is 1. The molecule has 0 bridgehead atoms. The molecule has 0 unspecified atom stereocenters. The molecule has 0 aromatic heterocycles. The Hall–Kier alpha value is -2.49. The lowest BCUT2D eigenvalue weighted by atomic mass is 10.0. The first-order chi connectivity index (χ1) is 10.7. The summed E-state index contributed by atoms with van der Waals surface area (Å²) in [6.07, 6.45) is 2.56. The number of rotatable bonds is 4. The van der Waals surface area contributed by atoms with Crippen molar-refractivity contribution in [2.75, 3.05) is 24.3 Å². The second-order valence-electron chi connectivity index (χ2n) is 5.48. The fourth-order valence-corrected chi connectivity index (χ4v) is 2.69. The zero-order valence-corrected chi connectivity index (χ0v) is 12.7. The quantitative estimate of drug-likeness (QED) is 0.910. The number of hydrogen-bond donors (Lipinski definition) is 2. The summed E-state index contributed by atoms with van der Waals surface area (Å²) in [6.45, 7) is 1.02. The highest BCUT2D eigenvalue weighted by atomic mass is 16.5. The van der Waals surface area contributed by atoms with Crippen molar-refractivity contribution in [3.8, 4) is 5.75 Å². The Labute approximate surface area is 130 Å². The molecule has 1 heterocycles. The van der Waals surface area contributed by atoms with Gasteiger partial charge in [-0.2, -0.15) is 0 Å². The number of amides is 1. The Morgan fingerprint density at radius 3 is 2.82 bits per heavy atom. The second kappa shape index (κ2) is 6.52. The van der Waals surface area contributed by atoms with Crippen LogP contribution >= 0.6 is 0 Å². The third-order valence-electron chi connectivity index (χ3n) is 3.85. The molecule has 4 nitrogen and oxygen atoms in total. The molecule has 1 aliphatic heterocycles. The molecule has 0 fully saturated rings. The molecule has 2 aromatic carbocycles. The van der Waals surface area contributed by atoms with E-state index in [0.717, 1.165) is 36.4 Å². The molecule has 0 saturated heterocycles. The number of anilines is 2. The van der Waals surface area contributed by atoms with Gasteiger partial charge >= 0.3 is 0 Å². The third-order valence-corrected chi connectivity index (χ3v) is 3.85. The van der Waals surface area contributed by atoms with Crippen LogP contribution in [0.5, 0.6) is 5.75 Å². The van der Waals surface area contributed by atoms with Gasteiger partial charge < -0.3 is 15.4 Å². The van der Waals surface area contributed by atoms with Gasteiger partial charge in [0, 0.05) is 17.9 Å². The van der Waals surface area contributed by atoms with E-state index in [-0.39, 0.29) is 5.91 Å². The van der Waals surface area contributed by atoms with Gasteiger partial charge in [-0.05, 0) is 54.3 Å².